The lowest BCUT2D eigenvalue weighted by Crippen LogP contribution is -2.26. The van der Waals surface area contributed by atoms with Crippen LogP contribution in [0.4, 0.5) is 23.2 Å². The summed E-state index contributed by atoms with van der Waals surface area (Å²) in [6.07, 6.45) is -1.87. The highest BCUT2D eigenvalue weighted by atomic mass is 35.5. The van der Waals surface area contributed by atoms with E-state index in [0.29, 0.717) is 40.1 Å². The quantitative estimate of drug-likeness (QED) is 0.278. The van der Waals surface area contributed by atoms with Gasteiger partial charge in [0.15, 0.2) is 5.65 Å². The fraction of sp³-hybridized carbons (Fsp3) is 0.240. The molecule has 2 N–H and O–H groups in total. The van der Waals surface area contributed by atoms with E-state index in [9.17, 15) is 22.4 Å². The Morgan fingerprint density at radius 1 is 1.14 bits per heavy atom. The molecule has 12 heteroatoms. The molecule has 7 nitrogen and oxygen atoms in total. The van der Waals surface area contributed by atoms with Crippen molar-refractivity contribution in [3.05, 3.63) is 81.9 Å². The molecule has 0 unspecified atom stereocenters. The predicted octanol–water partition coefficient (Wildman–Crippen LogP) is 5.81. The highest BCUT2D eigenvalue weighted by molar-refractivity contribution is 6.32. The number of fused-ring (bicyclic) bond motifs is 1. The lowest BCUT2D eigenvalue weighted by atomic mass is 10.1. The first kappa shape index (κ1) is 26.2. The molecule has 0 aliphatic carbocycles. The summed E-state index contributed by atoms with van der Waals surface area (Å²) in [5.74, 6) is -1.17. The monoisotopic (exact) mass is 535 g/mol. The van der Waals surface area contributed by atoms with E-state index in [1.807, 2.05) is 6.92 Å². The van der Waals surface area contributed by atoms with Crippen molar-refractivity contribution in [3.63, 3.8) is 0 Å². The average molecular weight is 536 g/mol. The highest BCUT2D eigenvalue weighted by Crippen LogP contribution is 2.33. The van der Waals surface area contributed by atoms with E-state index in [-0.39, 0.29) is 17.7 Å². The number of carbonyl (C=O) groups is 1. The van der Waals surface area contributed by atoms with Gasteiger partial charge in [0.1, 0.15) is 11.6 Å². The van der Waals surface area contributed by atoms with Gasteiger partial charge in [-0.05, 0) is 42.3 Å². The summed E-state index contributed by atoms with van der Waals surface area (Å²) in [6, 6.07) is 7.55. The van der Waals surface area contributed by atoms with E-state index < -0.39 is 30.0 Å². The second-order valence-corrected chi connectivity index (χ2v) is 8.46. The molecule has 2 aromatic carbocycles. The van der Waals surface area contributed by atoms with Crippen molar-refractivity contribution in [1.82, 2.24) is 20.1 Å². The first-order chi connectivity index (χ1) is 17.6. The van der Waals surface area contributed by atoms with Crippen LogP contribution in [0.25, 0.3) is 11.0 Å². The number of alkyl halides is 3. The van der Waals surface area contributed by atoms with Crippen LogP contribution in [0, 0.1) is 5.82 Å². The Morgan fingerprint density at radius 2 is 1.92 bits per heavy atom. The SMILES string of the molecule is CCn1ncc2c(NCc3ccc(OC)c(Cl)c3)c(C(=O)NCc3ccc(F)cc3C(F)(F)F)cnc21. The second-order valence-electron chi connectivity index (χ2n) is 8.05. The van der Waals surface area contributed by atoms with Crippen molar-refractivity contribution in [3.8, 4) is 5.75 Å². The van der Waals surface area contributed by atoms with Crippen LogP contribution in [0.2, 0.25) is 5.02 Å². The highest BCUT2D eigenvalue weighted by Gasteiger charge is 2.34. The van der Waals surface area contributed by atoms with Crippen LogP contribution in [-0.2, 0) is 25.8 Å². The Hall–Kier alpha value is -3.86. The van der Waals surface area contributed by atoms with E-state index in [2.05, 4.69) is 20.7 Å². The maximum atomic E-state index is 13.4. The zero-order valence-electron chi connectivity index (χ0n) is 19.8. The number of amides is 1. The Balaban J connectivity index is 1.64. The molecule has 4 rings (SSSR count). The summed E-state index contributed by atoms with van der Waals surface area (Å²) < 4.78 is 60.3. The Morgan fingerprint density at radius 3 is 2.59 bits per heavy atom. The third kappa shape index (κ3) is 5.61. The average Bonchev–Trinajstić information content (AvgIpc) is 3.29. The normalized spacial score (nSPS) is 11.5. The van der Waals surface area contributed by atoms with Gasteiger partial charge in [-0.15, -0.1) is 0 Å². The number of ether oxygens (including phenoxy) is 1. The maximum Gasteiger partial charge on any atom is 0.416 e. The lowest BCUT2D eigenvalue weighted by Gasteiger charge is -2.16. The first-order valence-electron chi connectivity index (χ1n) is 11.2. The van der Waals surface area contributed by atoms with Crippen LogP contribution in [0.5, 0.6) is 5.75 Å². The van der Waals surface area contributed by atoms with Crippen LogP contribution in [0.3, 0.4) is 0 Å². The smallest absolute Gasteiger partial charge is 0.416 e. The number of pyridine rings is 1. The minimum absolute atomic E-state index is 0.110. The number of nitrogens with zero attached hydrogens (tertiary/aromatic N) is 3. The molecule has 0 aliphatic rings. The zero-order valence-corrected chi connectivity index (χ0v) is 20.5. The van der Waals surface area contributed by atoms with E-state index in [4.69, 9.17) is 16.3 Å². The van der Waals surface area contributed by atoms with Crippen molar-refractivity contribution in [1.29, 1.82) is 0 Å². The molecule has 0 aliphatic heterocycles. The van der Waals surface area contributed by atoms with Gasteiger partial charge in [-0.1, -0.05) is 23.7 Å². The largest absolute Gasteiger partial charge is 0.495 e. The van der Waals surface area contributed by atoms with E-state index in [0.717, 1.165) is 17.7 Å². The number of carbonyl (C=O) groups excluding carboxylic acids is 1. The van der Waals surface area contributed by atoms with Gasteiger partial charge in [-0.3, -0.25) is 4.79 Å². The summed E-state index contributed by atoms with van der Waals surface area (Å²) >= 11 is 6.22. The van der Waals surface area contributed by atoms with E-state index >= 15 is 0 Å². The van der Waals surface area contributed by atoms with Gasteiger partial charge in [0.2, 0.25) is 0 Å². The van der Waals surface area contributed by atoms with Crippen LogP contribution in [0.15, 0.2) is 48.8 Å². The zero-order chi connectivity index (χ0) is 26.7. The summed E-state index contributed by atoms with van der Waals surface area (Å²) in [6.45, 7) is 2.24. The Bertz CT molecular complexity index is 1460. The molecule has 1 amide bonds. The van der Waals surface area contributed by atoms with Gasteiger partial charge in [0, 0.05) is 25.8 Å². The topological polar surface area (TPSA) is 81.1 Å². The summed E-state index contributed by atoms with van der Waals surface area (Å²) in [4.78, 5) is 17.5. The third-order valence-corrected chi connectivity index (χ3v) is 6.01. The number of methoxy groups -OCH3 is 1. The second kappa shape index (κ2) is 10.6. The molecular formula is C25H22ClF4N5O2. The molecule has 0 bridgehead atoms. The number of benzene rings is 2. The molecule has 37 heavy (non-hydrogen) atoms. The predicted molar refractivity (Wildman–Crippen MR) is 131 cm³/mol. The van der Waals surface area contributed by atoms with E-state index in [1.165, 1.54) is 13.3 Å². The minimum Gasteiger partial charge on any atom is -0.495 e. The molecule has 4 aromatic rings. The number of anilines is 1. The number of hydrogen-bond acceptors (Lipinski definition) is 5. The number of halogens is 5. The van der Waals surface area contributed by atoms with Gasteiger partial charge >= 0.3 is 6.18 Å². The van der Waals surface area contributed by atoms with Crippen LogP contribution in [-0.4, -0.2) is 27.8 Å². The Kier molecular flexibility index (Phi) is 7.53. The van der Waals surface area contributed by atoms with Crippen LogP contribution < -0.4 is 15.4 Å². The van der Waals surface area contributed by atoms with Gasteiger partial charge in [-0.25, -0.2) is 14.1 Å². The molecule has 0 atom stereocenters. The fourth-order valence-electron chi connectivity index (χ4n) is 3.87. The molecular weight excluding hydrogens is 514 g/mol. The van der Waals surface area contributed by atoms with Gasteiger partial charge in [0.25, 0.3) is 5.91 Å². The van der Waals surface area contributed by atoms with Crippen molar-refractivity contribution >= 4 is 34.2 Å². The summed E-state index contributed by atoms with van der Waals surface area (Å²) in [5.41, 5.74) is 0.430. The first-order valence-corrected chi connectivity index (χ1v) is 11.5. The number of rotatable bonds is 8. The van der Waals surface area contributed by atoms with Gasteiger partial charge < -0.3 is 15.4 Å². The molecule has 2 aromatic heterocycles. The van der Waals surface area contributed by atoms with Crippen molar-refractivity contribution in [2.45, 2.75) is 32.7 Å². The van der Waals surface area contributed by atoms with Crippen LogP contribution in [0.1, 0.15) is 34.0 Å². The number of nitrogens with one attached hydrogen (secondary N) is 2. The molecule has 0 spiro atoms. The molecule has 0 saturated carbocycles. The molecule has 2 heterocycles. The number of hydrogen-bond donors (Lipinski definition) is 2. The Labute approximate surface area is 214 Å². The molecule has 0 fully saturated rings. The molecule has 194 valence electrons. The molecule has 0 saturated heterocycles. The standard InChI is InChI=1S/C25H22ClF4N5O2/c1-3-35-23-17(13-34-35)22(31-10-14-4-7-21(37-2)20(26)8-14)18(12-32-23)24(36)33-11-15-5-6-16(27)9-19(15)25(28,29)30/h4-9,12-13H,3,10-11H2,1-2H3,(H,31,32)(H,33,36). The maximum absolute atomic E-state index is 13.4. The van der Waals surface area contributed by atoms with Gasteiger partial charge in [0.05, 0.1) is 40.5 Å². The molecule has 0 radical (unpaired) electrons. The van der Waals surface area contributed by atoms with Crippen LogP contribution >= 0.6 is 11.6 Å². The van der Waals surface area contributed by atoms with Crippen molar-refractivity contribution in [2.24, 2.45) is 0 Å². The van der Waals surface area contributed by atoms with E-state index in [1.54, 1.807) is 29.1 Å². The third-order valence-electron chi connectivity index (χ3n) is 5.71. The number of aryl methyl sites for hydroxylation is 1. The van der Waals surface area contributed by atoms with Gasteiger partial charge in [-0.2, -0.15) is 18.3 Å². The summed E-state index contributed by atoms with van der Waals surface area (Å²) in [7, 11) is 1.51. The number of aromatic nitrogens is 3. The lowest BCUT2D eigenvalue weighted by molar-refractivity contribution is -0.138. The fourth-order valence-corrected chi connectivity index (χ4v) is 4.15. The van der Waals surface area contributed by atoms with Crippen molar-refractivity contribution < 1.29 is 27.1 Å². The minimum atomic E-state index is -4.77. The summed E-state index contributed by atoms with van der Waals surface area (Å²) in [5, 5.41) is 11.0. The van der Waals surface area contributed by atoms with Crippen molar-refractivity contribution in [2.75, 3.05) is 12.4 Å².